The number of para-hydroxylation sites is 1. The highest BCUT2D eigenvalue weighted by Crippen LogP contribution is 2.24. The zero-order chi connectivity index (χ0) is 19.5. The van der Waals surface area contributed by atoms with E-state index in [4.69, 9.17) is 0 Å². The van der Waals surface area contributed by atoms with Gasteiger partial charge in [0.1, 0.15) is 0 Å². The topological polar surface area (TPSA) is 49.4 Å². The van der Waals surface area contributed by atoms with Crippen molar-refractivity contribution in [2.24, 2.45) is 5.92 Å². The van der Waals surface area contributed by atoms with E-state index in [2.05, 4.69) is 12.2 Å². The summed E-state index contributed by atoms with van der Waals surface area (Å²) in [5.74, 6) is 0.440. The second-order valence-electron chi connectivity index (χ2n) is 7.50. The fraction of sp³-hybridized carbons (Fsp3) is 0.250. The molecular weight excluding hydrogens is 348 g/mol. The molecule has 28 heavy (non-hydrogen) atoms. The lowest BCUT2D eigenvalue weighted by atomic mass is 9.98. The molecule has 1 N–H and O–H groups in total. The molecule has 3 aromatic carbocycles. The van der Waals surface area contributed by atoms with Gasteiger partial charge >= 0.3 is 0 Å². The van der Waals surface area contributed by atoms with Crippen LogP contribution in [0.15, 0.2) is 66.7 Å². The standard InChI is InChI=1S/C24H24N2O2/c1-17-13-15-26(16-14-17)24(28)21-10-4-5-12-22(21)25-23(27)20-11-6-8-18-7-2-3-9-19(18)20/h2-12,17H,13-16H2,1H3,(H,25,27). The zero-order valence-electron chi connectivity index (χ0n) is 16.0. The largest absolute Gasteiger partial charge is 0.339 e. The quantitative estimate of drug-likeness (QED) is 0.706. The van der Waals surface area contributed by atoms with Crippen molar-refractivity contribution >= 4 is 28.3 Å². The maximum absolute atomic E-state index is 13.0. The molecule has 0 aliphatic carbocycles. The maximum Gasteiger partial charge on any atom is 0.256 e. The molecule has 1 saturated heterocycles. The molecule has 4 heteroatoms. The average molecular weight is 372 g/mol. The minimum atomic E-state index is -0.204. The van der Waals surface area contributed by atoms with Crippen LogP contribution in [0.5, 0.6) is 0 Å². The summed E-state index contributed by atoms with van der Waals surface area (Å²) >= 11 is 0. The van der Waals surface area contributed by atoms with Crippen LogP contribution in [0, 0.1) is 5.92 Å². The van der Waals surface area contributed by atoms with E-state index in [1.54, 1.807) is 12.1 Å². The van der Waals surface area contributed by atoms with Gasteiger partial charge in [-0.25, -0.2) is 0 Å². The number of likely N-dealkylation sites (tertiary alicyclic amines) is 1. The summed E-state index contributed by atoms with van der Waals surface area (Å²) in [7, 11) is 0. The number of piperidine rings is 1. The van der Waals surface area contributed by atoms with E-state index in [0.29, 0.717) is 22.7 Å². The Bertz CT molecular complexity index is 1010. The van der Waals surface area contributed by atoms with Crippen LogP contribution in [0.2, 0.25) is 0 Å². The normalized spacial score (nSPS) is 14.8. The lowest BCUT2D eigenvalue weighted by Crippen LogP contribution is -2.38. The molecular formula is C24H24N2O2. The molecule has 2 amide bonds. The lowest BCUT2D eigenvalue weighted by molar-refractivity contribution is 0.0698. The van der Waals surface area contributed by atoms with Crippen LogP contribution in [0.4, 0.5) is 5.69 Å². The molecule has 1 heterocycles. The number of hydrogen-bond acceptors (Lipinski definition) is 2. The Morgan fingerprint density at radius 3 is 2.32 bits per heavy atom. The van der Waals surface area contributed by atoms with Crippen molar-refractivity contribution in [2.75, 3.05) is 18.4 Å². The molecule has 3 aromatic rings. The number of fused-ring (bicyclic) bond motifs is 1. The Balaban J connectivity index is 1.60. The Morgan fingerprint density at radius 2 is 1.50 bits per heavy atom. The molecule has 0 bridgehead atoms. The van der Waals surface area contributed by atoms with Gasteiger partial charge in [0.2, 0.25) is 0 Å². The number of hydrogen-bond donors (Lipinski definition) is 1. The fourth-order valence-electron chi connectivity index (χ4n) is 3.77. The second kappa shape index (κ2) is 7.85. The van der Waals surface area contributed by atoms with Gasteiger partial charge < -0.3 is 10.2 Å². The third-order valence-electron chi connectivity index (χ3n) is 5.51. The van der Waals surface area contributed by atoms with Gasteiger partial charge in [-0.1, -0.05) is 55.5 Å². The first-order valence-corrected chi connectivity index (χ1v) is 9.81. The number of amides is 2. The third kappa shape index (κ3) is 3.63. The smallest absolute Gasteiger partial charge is 0.256 e. The van der Waals surface area contributed by atoms with Crippen LogP contribution in [0.25, 0.3) is 10.8 Å². The Labute approximate surface area is 165 Å². The molecule has 1 aliphatic heterocycles. The van der Waals surface area contributed by atoms with Gasteiger partial charge in [-0.05, 0) is 47.7 Å². The molecule has 0 unspecified atom stereocenters. The van der Waals surface area contributed by atoms with Crippen molar-refractivity contribution in [3.63, 3.8) is 0 Å². The van der Waals surface area contributed by atoms with Gasteiger partial charge in [-0.3, -0.25) is 9.59 Å². The van der Waals surface area contributed by atoms with E-state index in [1.165, 1.54) is 0 Å². The van der Waals surface area contributed by atoms with Gasteiger partial charge in [0.05, 0.1) is 11.3 Å². The summed E-state index contributed by atoms with van der Waals surface area (Å²) in [5, 5.41) is 4.88. The first kappa shape index (κ1) is 18.2. The molecule has 4 rings (SSSR count). The Hall–Kier alpha value is -3.14. The number of carbonyl (C=O) groups is 2. The van der Waals surface area contributed by atoms with E-state index in [9.17, 15) is 9.59 Å². The second-order valence-corrected chi connectivity index (χ2v) is 7.50. The first-order valence-electron chi connectivity index (χ1n) is 9.81. The highest BCUT2D eigenvalue weighted by atomic mass is 16.2. The Kier molecular flexibility index (Phi) is 5.11. The van der Waals surface area contributed by atoms with Crippen molar-refractivity contribution in [1.29, 1.82) is 0 Å². The summed E-state index contributed by atoms with van der Waals surface area (Å²) in [5.41, 5.74) is 1.71. The number of nitrogens with one attached hydrogen (secondary N) is 1. The van der Waals surface area contributed by atoms with Gasteiger partial charge in [0.25, 0.3) is 11.8 Å². The molecule has 0 atom stereocenters. The van der Waals surface area contributed by atoms with E-state index in [-0.39, 0.29) is 11.8 Å². The molecule has 0 radical (unpaired) electrons. The molecule has 0 aromatic heterocycles. The minimum absolute atomic E-state index is 0.0132. The molecule has 142 valence electrons. The van der Waals surface area contributed by atoms with Crippen molar-refractivity contribution < 1.29 is 9.59 Å². The van der Waals surface area contributed by atoms with Crippen molar-refractivity contribution in [3.05, 3.63) is 77.9 Å². The molecule has 0 spiro atoms. The van der Waals surface area contributed by atoms with Crippen LogP contribution in [0.1, 0.15) is 40.5 Å². The third-order valence-corrected chi connectivity index (χ3v) is 5.51. The molecule has 1 fully saturated rings. The number of carbonyl (C=O) groups excluding carboxylic acids is 2. The molecule has 1 aliphatic rings. The van der Waals surface area contributed by atoms with Crippen molar-refractivity contribution in [3.8, 4) is 0 Å². The zero-order valence-corrected chi connectivity index (χ0v) is 16.0. The molecule has 4 nitrogen and oxygen atoms in total. The van der Waals surface area contributed by atoms with Crippen LogP contribution < -0.4 is 5.32 Å². The lowest BCUT2D eigenvalue weighted by Gasteiger charge is -2.30. The minimum Gasteiger partial charge on any atom is -0.339 e. The maximum atomic E-state index is 13.0. The summed E-state index contributed by atoms with van der Waals surface area (Å²) in [4.78, 5) is 27.9. The average Bonchev–Trinajstić information content (AvgIpc) is 2.74. The number of benzene rings is 3. The van der Waals surface area contributed by atoms with Gasteiger partial charge in [-0.15, -0.1) is 0 Å². The summed E-state index contributed by atoms with van der Waals surface area (Å²) in [6, 6.07) is 20.8. The van der Waals surface area contributed by atoms with Crippen molar-refractivity contribution in [1.82, 2.24) is 4.90 Å². The van der Waals surface area contributed by atoms with Crippen LogP contribution in [-0.4, -0.2) is 29.8 Å². The first-order chi connectivity index (χ1) is 13.6. The highest BCUT2D eigenvalue weighted by Gasteiger charge is 2.24. The Morgan fingerprint density at radius 1 is 0.857 bits per heavy atom. The van der Waals surface area contributed by atoms with E-state index < -0.39 is 0 Å². The van der Waals surface area contributed by atoms with Crippen LogP contribution in [-0.2, 0) is 0 Å². The highest BCUT2D eigenvalue weighted by molar-refractivity contribution is 6.14. The predicted octanol–water partition coefficient (Wildman–Crippen LogP) is 4.96. The van der Waals surface area contributed by atoms with Gasteiger partial charge in [0.15, 0.2) is 0 Å². The number of anilines is 1. The SMILES string of the molecule is CC1CCN(C(=O)c2ccccc2NC(=O)c2cccc3ccccc23)CC1. The fourth-order valence-corrected chi connectivity index (χ4v) is 3.77. The van der Waals surface area contributed by atoms with Gasteiger partial charge in [0, 0.05) is 18.7 Å². The molecule has 0 saturated carbocycles. The summed E-state index contributed by atoms with van der Waals surface area (Å²) < 4.78 is 0. The summed E-state index contributed by atoms with van der Waals surface area (Å²) in [6.07, 6.45) is 2.05. The predicted molar refractivity (Wildman–Crippen MR) is 113 cm³/mol. The van der Waals surface area contributed by atoms with E-state index >= 15 is 0 Å². The van der Waals surface area contributed by atoms with Crippen LogP contribution in [0.3, 0.4) is 0 Å². The number of rotatable bonds is 3. The van der Waals surface area contributed by atoms with Crippen molar-refractivity contribution in [2.45, 2.75) is 19.8 Å². The van der Waals surface area contributed by atoms with Gasteiger partial charge in [-0.2, -0.15) is 0 Å². The monoisotopic (exact) mass is 372 g/mol. The van der Waals surface area contributed by atoms with E-state index in [0.717, 1.165) is 36.7 Å². The van der Waals surface area contributed by atoms with E-state index in [1.807, 2.05) is 59.5 Å². The van der Waals surface area contributed by atoms with Crippen LogP contribution >= 0.6 is 0 Å². The number of nitrogens with zero attached hydrogens (tertiary/aromatic N) is 1. The summed E-state index contributed by atoms with van der Waals surface area (Å²) in [6.45, 7) is 3.76.